The minimum absolute atomic E-state index is 0.00262. The molecule has 0 spiro atoms. The van der Waals surface area contributed by atoms with Crippen molar-refractivity contribution in [2.75, 3.05) is 6.61 Å². The van der Waals surface area contributed by atoms with Crippen molar-refractivity contribution in [2.45, 2.75) is 38.3 Å². The summed E-state index contributed by atoms with van der Waals surface area (Å²) in [5.41, 5.74) is 0.767. The molecule has 1 atom stereocenters. The number of rotatable bonds is 5. The van der Waals surface area contributed by atoms with Gasteiger partial charge in [-0.3, -0.25) is 4.79 Å². The first-order valence-corrected chi connectivity index (χ1v) is 7.82. The van der Waals surface area contributed by atoms with E-state index in [1.165, 1.54) is 0 Å². The number of fused-ring (bicyclic) bond motifs is 1. The summed E-state index contributed by atoms with van der Waals surface area (Å²) in [5, 5.41) is 15.0. The third kappa shape index (κ3) is 3.39. The van der Waals surface area contributed by atoms with Crippen LogP contribution in [0.4, 0.5) is 0 Å². The summed E-state index contributed by atoms with van der Waals surface area (Å²) >= 11 is 0. The van der Waals surface area contributed by atoms with Gasteiger partial charge >= 0.3 is 0 Å². The highest BCUT2D eigenvalue weighted by atomic mass is 16.5. The van der Waals surface area contributed by atoms with Crippen molar-refractivity contribution in [3.05, 3.63) is 42.0 Å². The molecular formula is C18H21NO3. The van der Waals surface area contributed by atoms with Crippen molar-refractivity contribution >= 4 is 16.7 Å². The first kappa shape index (κ1) is 14.9. The van der Waals surface area contributed by atoms with Gasteiger partial charge in [-0.05, 0) is 36.1 Å². The average Bonchev–Trinajstić information content (AvgIpc) is 3.05. The van der Waals surface area contributed by atoms with Gasteiger partial charge in [-0.2, -0.15) is 0 Å². The number of carbonyl (C=O) groups excluding carboxylic acids is 1. The number of ether oxygens (including phenoxy) is 1. The molecule has 4 nitrogen and oxygen atoms in total. The summed E-state index contributed by atoms with van der Waals surface area (Å²) < 4.78 is 5.52. The fourth-order valence-electron chi connectivity index (χ4n) is 2.95. The number of hydrogen-bond donors (Lipinski definition) is 2. The summed E-state index contributed by atoms with van der Waals surface area (Å²) in [6.07, 6.45) is 3.62. The van der Waals surface area contributed by atoms with Crippen LogP contribution >= 0.6 is 0 Å². The van der Waals surface area contributed by atoms with Crippen LogP contribution in [0.25, 0.3) is 10.8 Å². The SMILES string of the molecule is O=C(CCC1CCCO1)NCc1c(O)ccc2ccccc12. The van der Waals surface area contributed by atoms with Crippen LogP contribution in [-0.4, -0.2) is 23.7 Å². The molecule has 0 aliphatic carbocycles. The molecule has 1 amide bonds. The maximum absolute atomic E-state index is 12.0. The number of amides is 1. The maximum Gasteiger partial charge on any atom is 0.220 e. The van der Waals surface area contributed by atoms with Crippen molar-refractivity contribution in [1.29, 1.82) is 0 Å². The largest absolute Gasteiger partial charge is 0.508 e. The van der Waals surface area contributed by atoms with Gasteiger partial charge in [0, 0.05) is 25.1 Å². The topological polar surface area (TPSA) is 58.6 Å². The molecule has 0 saturated carbocycles. The number of nitrogens with one attached hydrogen (secondary N) is 1. The standard InChI is InChI=1S/C18H21NO3/c20-17-9-7-13-4-1-2-6-15(13)16(17)12-19-18(21)10-8-14-5-3-11-22-14/h1-2,4,6-7,9,14,20H,3,5,8,10-12H2,(H,19,21). The van der Waals surface area contributed by atoms with Gasteiger partial charge in [0.25, 0.3) is 0 Å². The van der Waals surface area contributed by atoms with E-state index in [2.05, 4.69) is 5.32 Å². The average molecular weight is 299 g/mol. The van der Waals surface area contributed by atoms with Crippen LogP contribution in [0.1, 0.15) is 31.2 Å². The summed E-state index contributed by atoms with van der Waals surface area (Å²) in [5.74, 6) is 0.223. The summed E-state index contributed by atoms with van der Waals surface area (Å²) in [6.45, 7) is 1.16. The molecular weight excluding hydrogens is 278 g/mol. The van der Waals surface area contributed by atoms with Gasteiger partial charge in [-0.15, -0.1) is 0 Å². The van der Waals surface area contributed by atoms with Crippen LogP contribution in [0.3, 0.4) is 0 Å². The highest BCUT2D eigenvalue weighted by molar-refractivity contribution is 5.88. The Morgan fingerprint density at radius 3 is 2.95 bits per heavy atom. The molecule has 1 unspecified atom stereocenters. The predicted molar refractivity (Wildman–Crippen MR) is 85.7 cm³/mol. The van der Waals surface area contributed by atoms with E-state index in [9.17, 15) is 9.90 Å². The van der Waals surface area contributed by atoms with Crippen LogP contribution in [0.2, 0.25) is 0 Å². The Hall–Kier alpha value is -2.07. The Bertz CT molecular complexity index is 662. The molecule has 0 radical (unpaired) electrons. The van der Waals surface area contributed by atoms with E-state index in [4.69, 9.17) is 4.74 Å². The monoisotopic (exact) mass is 299 g/mol. The number of phenols is 1. The lowest BCUT2D eigenvalue weighted by Gasteiger charge is -2.12. The van der Waals surface area contributed by atoms with Crippen molar-refractivity contribution < 1.29 is 14.6 Å². The molecule has 1 saturated heterocycles. The van der Waals surface area contributed by atoms with Crippen LogP contribution in [-0.2, 0) is 16.1 Å². The highest BCUT2D eigenvalue weighted by Crippen LogP contribution is 2.27. The normalized spacial score (nSPS) is 17.7. The Morgan fingerprint density at radius 2 is 2.14 bits per heavy atom. The number of carbonyl (C=O) groups is 1. The highest BCUT2D eigenvalue weighted by Gasteiger charge is 2.17. The molecule has 116 valence electrons. The van der Waals surface area contributed by atoms with Crippen LogP contribution < -0.4 is 5.32 Å². The second-order valence-corrected chi connectivity index (χ2v) is 5.73. The first-order valence-electron chi connectivity index (χ1n) is 7.82. The number of phenolic OH excluding ortho intramolecular Hbond substituents is 1. The van der Waals surface area contributed by atoms with Gasteiger partial charge in [0.1, 0.15) is 5.75 Å². The molecule has 0 bridgehead atoms. The molecule has 1 fully saturated rings. The molecule has 1 aliphatic heterocycles. The zero-order chi connectivity index (χ0) is 15.4. The quantitative estimate of drug-likeness (QED) is 0.892. The van der Waals surface area contributed by atoms with E-state index in [1.54, 1.807) is 6.07 Å². The van der Waals surface area contributed by atoms with E-state index < -0.39 is 0 Å². The molecule has 22 heavy (non-hydrogen) atoms. The van der Waals surface area contributed by atoms with Crippen molar-refractivity contribution in [3.8, 4) is 5.75 Å². The zero-order valence-corrected chi connectivity index (χ0v) is 12.5. The van der Waals surface area contributed by atoms with Crippen molar-refractivity contribution in [1.82, 2.24) is 5.32 Å². The summed E-state index contributed by atoms with van der Waals surface area (Å²) in [7, 11) is 0. The first-order chi connectivity index (χ1) is 10.7. The molecule has 2 N–H and O–H groups in total. The van der Waals surface area contributed by atoms with Crippen LogP contribution in [0.15, 0.2) is 36.4 Å². The molecule has 0 aromatic heterocycles. The fourth-order valence-corrected chi connectivity index (χ4v) is 2.95. The maximum atomic E-state index is 12.0. The van der Waals surface area contributed by atoms with E-state index in [0.29, 0.717) is 13.0 Å². The van der Waals surface area contributed by atoms with Gasteiger partial charge in [0.05, 0.1) is 6.10 Å². The Kier molecular flexibility index (Phi) is 4.59. The fraction of sp³-hybridized carbons (Fsp3) is 0.389. The van der Waals surface area contributed by atoms with Gasteiger partial charge in [0.2, 0.25) is 5.91 Å². The Morgan fingerprint density at radius 1 is 1.27 bits per heavy atom. The number of aromatic hydroxyl groups is 1. The van der Waals surface area contributed by atoms with E-state index >= 15 is 0 Å². The summed E-state index contributed by atoms with van der Waals surface area (Å²) in [6, 6.07) is 11.4. The number of benzene rings is 2. The molecule has 2 aromatic rings. The van der Waals surface area contributed by atoms with Gasteiger partial charge < -0.3 is 15.2 Å². The third-order valence-corrected chi connectivity index (χ3v) is 4.20. The minimum Gasteiger partial charge on any atom is -0.508 e. The second-order valence-electron chi connectivity index (χ2n) is 5.73. The second kappa shape index (κ2) is 6.79. The zero-order valence-electron chi connectivity index (χ0n) is 12.5. The molecule has 3 rings (SSSR count). The van der Waals surface area contributed by atoms with Crippen molar-refractivity contribution in [3.63, 3.8) is 0 Å². The molecule has 4 heteroatoms. The van der Waals surface area contributed by atoms with E-state index in [-0.39, 0.29) is 17.8 Å². The minimum atomic E-state index is 0.00262. The third-order valence-electron chi connectivity index (χ3n) is 4.20. The lowest BCUT2D eigenvalue weighted by atomic mass is 10.0. The van der Waals surface area contributed by atoms with Gasteiger partial charge in [-0.25, -0.2) is 0 Å². The van der Waals surface area contributed by atoms with E-state index in [0.717, 1.165) is 42.2 Å². The Labute approximate surface area is 130 Å². The summed E-state index contributed by atoms with van der Waals surface area (Å²) in [4.78, 5) is 12.0. The smallest absolute Gasteiger partial charge is 0.220 e. The van der Waals surface area contributed by atoms with Crippen molar-refractivity contribution in [2.24, 2.45) is 0 Å². The molecule has 1 aliphatic rings. The lowest BCUT2D eigenvalue weighted by molar-refractivity contribution is -0.121. The lowest BCUT2D eigenvalue weighted by Crippen LogP contribution is -2.24. The Balaban J connectivity index is 1.61. The number of hydrogen-bond acceptors (Lipinski definition) is 3. The van der Waals surface area contributed by atoms with E-state index in [1.807, 2.05) is 30.3 Å². The van der Waals surface area contributed by atoms with Crippen LogP contribution in [0.5, 0.6) is 5.75 Å². The predicted octanol–water partition coefficient (Wildman–Crippen LogP) is 3.12. The molecule has 1 heterocycles. The van der Waals surface area contributed by atoms with Gasteiger partial charge in [0.15, 0.2) is 0 Å². The molecule has 2 aromatic carbocycles. The van der Waals surface area contributed by atoms with Crippen LogP contribution in [0, 0.1) is 0 Å². The van der Waals surface area contributed by atoms with Gasteiger partial charge in [-0.1, -0.05) is 30.3 Å².